The molecule has 5 rings (SSSR count). The number of hydrogen-bond donors (Lipinski definition) is 2. The third-order valence-electron chi connectivity index (χ3n) is 4.98. The number of nitrogens with zero attached hydrogens (tertiary/aromatic N) is 5. The molecule has 0 aliphatic heterocycles. The standard InChI is InChI=1S/C25H17N5O2/c31-20-15-21(32)24(19-14-8-7-13-18(19)20)28-30-25-26-22(16-9-3-1-4-10-16)23(27-29-25)17-11-5-2-6-12-17/h1-15,31-32H. The maximum atomic E-state index is 10.3. The summed E-state index contributed by atoms with van der Waals surface area (Å²) in [6.07, 6.45) is 0. The maximum absolute atomic E-state index is 10.3. The Kier molecular flexibility index (Phi) is 4.97. The van der Waals surface area contributed by atoms with Crippen molar-refractivity contribution in [3.63, 3.8) is 0 Å². The largest absolute Gasteiger partial charge is 0.507 e. The second kappa shape index (κ2) is 8.23. The van der Waals surface area contributed by atoms with Crippen molar-refractivity contribution in [1.82, 2.24) is 15.2 Å². The van der Waals surface area contributed by atoms with Crippen molar-refractivity contribution in [3.05, 3.63) is 91.0 Å². The number of benzene rings is 4. The van der Waals surface area contributed by atoms with Crippen molar-refractivity contribution >= 4 is 22.4 Å². The van der Waals surface area contributed by atoms with Gasteiger partial charge in [-0.1, -0.05) is 84.9 Å². The van der Waals surface area contributed by atoms with Crippen molar-refractivity contribution in [2.24, 2.45) is 10.2 Å². The van der Waals surface area contributed by atoms with E-state index < -0.39 is 0 Å². The monoisotopic (exact) mass is 419 g/mol. The second-order valence-electron chi connectivity index (χ2n) is 7.05. The zero-order chi connectivity index (χ0) is 21.9. The summed E-state index contributed by atoms with van der Waals surface area (Å²) in [5, 5.41) is 38.4. The maximum Gasteiger partial charge on any atom is 0.288 e. The molecule has 4 aromatic carbocycles. The van der Waals surface area contributed by atoms with Crippen LogP contribution in [0.3, 0.4) is 0 Å². The van der Waals surface area contributed by atoms with Crippen molar-refractivity contribution in [2.75, 3.05) is 0 Å². The summed E-state index contributed by atoms with van der Waals surface area (Å²) in [5.74, 6) is -0.171. The Hall–Kier alpha value is -4.65. The summed E-state index contributed by atoms with van der Waals surface area (Å²) in [7, 11) is 0. The van der Waals surface area contributed by atoms with Crippen LogP contribution in [0.25, 0.3) is 33.3 Å². The van der Waals surface area contributed by atoms with Gasteiger partial charge >= 0.3 is 0 Å². The first-order valence-electron chi connectivity index (χ1n) is 9.91. The smallest absolute Gasteiger partial charge is 0.288 e. The predicted molar refractivity (Wildman–Crippen MR) is 122 cm³/mol. The average Bonchev–Trinajstić information content (AvgIpc) is 2.85. The highest BCUT2D eigenvalue weighted by Gasteiger charge is 2.14. The molecule has 1 heterocycles. The van der Waals surface area contributed by atoms with E-state index in [1.165, 1.54) is 6.07 Å². The summed E-state index contributed by atoms with van der Waals surface area (Å²) in [6, 6.07) is 27.7. The van der Waals surface area contributed by atoms with Crippen LogP contribution in [0.15, 0.2) is 101 Å². The Morgan fingerprint density at radius 1 is 0.562 bits per heavy atom. The molecule has 0 aliphatic rings. The van der Waals surface area contributed by atoms with Gasteiger partial charge < -0.3 is 10.2 Å². The molecular formula is C25H17N5O2. The van der Waals surface area contributed by atoms with Crippen LogP contribution in [0.4, 0.5) is 11.6 Å². The number of azo groups is 1. The molecule has 2 N–H and O–H groups in total. The molecule has 0 saturated carbocycles. The molecule has 0 bridgehead atoms. The van der Waals surface area contributed by atoms with Crippen LogP contribution in [-0.4, -0.2) is 25.4 Å². The third-order valence-corrected chi connectivity index (χ3v) is 4.98. The Bertz CT molecular complexity index is 1440. The summed E-state index contributed by atoms with van der Waals surface area (Å²) < 4.78 is 0. The van der Waals surface area contributed by atoms with Crippen molar-refractivity contribution in [3.8, 4) is 34.0 Å². The predicted octanol–water partition coefficient (Wildman–Crippen LogP) is 6.19. The van der Waals surface area contributed by atoms with E-state index in [-0.39, 0.29) is 23.1 Å². The zero-order valence-corrected chi connectivity index (χ0v) is 16.8. The van der Waals surface area contributed by atoms with E-state index in [1.807, 2.05) is 60.7 Å². The Labute approximate surface area is 183 Å². The van der Waals surface area contributed by atoms with Crippen molar-refractivity contribution in [2.45, 2.75) is 0 Å². The third kappa shape index (κ3) is 3.63. The molecular weight excluding hydrogens is 402 g/mol. The molecule has 0 amide bonds. The summed E-state index contributed by atoms with van der Waals surface area (Å²) in [5.41, 5.74) is 3.23. The van der Waals surface area contributed by atoms with Gasteiger partial charge in [0.15, 0.2) is 0 Å². The van der Waals surface area contributed by atoms with E-state index in [9.17, 15) is 10.2 Å². The molecule has 5 aromatic rings. The van der Waals surface area contributed by atoms with Crippen LogP contribution in [-0.2, 0) is 0 Å². The fourth-order valence-electron chi connectivity index (χ4n) is 3.47. The fourth-order valence-corrected chi connectivity index (χ4v) is 3.47. The molecule has 7 nitrogen and oxygen atoms in total. The minimum absolute atomic E-state index is 0.0338. The lowest BCUT2D eigenvalue weighted by Crippen LogP contribution is -1.96. The topological polar surface area (TPSA) is 104 Å². The number of fused-ring (bicyclic) bond motifs is 1. The SMILES string of the molecule is Oc1cc(O)c2ccccc2c1N=Nc1nnc(-c2ccccc2)c(-c2ccccc2)n1. The first-order chi connectivity index (χ1) is 15.7. The number of aromatic hydroxyl groups is 2. The van der Waals surface area contributed by atoms with Gasteiger partial charge in [-0.3, -0.25) is 0 Å². The van der Waals surface area contributed by atoms with Gasteiger partial charge in [0.05, 0.1) is 0 Å². The van der Waals surface area contributed by atoms with Crippen LogP contribution >= 0.6 is 0 Å². The van der Waals surface area contributed by atoms with Gasteiger partial charge in [-0.2, -0.15) is 0 Å². The molecule has 0 fully saturated rings. The van der Waals surface area contributed by atoms with Crippen LogP contribution in [0.5, 0.6) is 11.5 Å². The summed E-state index contributed by atoms with van der Waals surface area (Å²) >= 11 is 0. The van der Waals surface area contributed by atoms with Gasteiger partial charge in [-0.15, -0.1) is 20.4 Å². The van der Waals surface area contributed by atoms with E-state index in [2.05, 4.69) is 25.4 Å². The number of rotatable bonds is 4. The number of phenols is 2. The van der Waals surface area contributed by atoms with Crippen LogP contribution < -0.4 is 0 Å². The van der Waals surface area contributed by atoms with Gasteiger partial charge in [0, 0.05) is 28.0 Å². The fraction of sp³-hybridized carbons (Fsp3) is 0. The first kappa shape index (κ1) is 19.3. The van der Waals surface area contributed by atoms with Gasteiger partial charge in [0.1, 0.15) is 28.6 Å². The lowest BCUT2D eigenvalue weighted by atomic mass is 10.0. The quantitative estimate of drug-likeness (QED) is 0.338. The second-order valence-corrected chi connectivity index (χ2v) is 7.05. The minimum atomic E-state index is -0.193. The molecule has 7 heteroatoms. The van der Waals surface area contributed by atoms with Gasteiger partial charge in [0.2, 0.25) is 0 Å². The molecule has 0 aliphatic carbocycles. The minimum Gasteiger partial charge on any atom is -0.507 e. The van der Waals surface area contributed by atoms with Crippen molar-refractivity contribution < 1.29 is 10.2 Å². The summed E-state index contributed by atoms with van der Waals surface area (Å²) in [6.45, 7) is 0. The highest BCUT2D eigenvalue weighted by Crippen LogP contribution is 2.41. The van der Waals surface area contributed by atoms with Gasteiger partial charge in [0.25, 0.3) is 5.95 Å². The molecule has 154 valence electrons. The van der Waals surface area contributed by atoms with E-state index >= 15 is 0 Å². The lowest BCUT2D eigenvalue weighted by Gasteiger charge is -2.08. The van der Waals surface area contributed by atoms with Crippen LogP contribution in [0.1, 0.15) is 0 Å². The molecule has 1 aromatic heterocycles. The summed E-state index contributed by atoms with van der Waals surface area (Å²) in [4.78, 5) is 4.60. The molecule has 0 spiro atoms. The molecule has 0 radical (unpaired) electrons. The zero-order valence-electron chi connectivity index (χ0n) is 16.8. The number of phenolic OH excluding ortho intramolecular Hbond substituents is 2. The molecule has 0 atom stereocenters. The van der Waals surface area contributed by atoms with E-state index in [0.29, 0.717) is 22.2 Å². The van der Waals surface area contributed by atoms with E-state index in [0.717, 1.165) is 11.1 Å². The van der Waals surface area contributed by atoms with Gasteiger partial charge in [-0.05, 0) is 0 Å². The highest BCUT2D eigenvalue weighted by molar-refractivity contribution is 5.99. The van der Waals surface area contributed by atoms with Crippen LogP contribution in [0, 0.1) is 0 Å². The van der Waals surface area contributed by atoms with Gasteiger partial charge in [-0.25, -0.2) is 4.98 Å². The highest BCUT2D eigenvalue weighted by atomic mass is 16.3. The molecule has 32 heavy (non-hydrogen) atoms. The van der Waals surface area contributed by atoms with E-state index in [4.69, 9.17) is 0 Å². The Morgan fingerprint density at radius 2 is 1.16 bits per heavy atom. The normalized spacial score (nSPS) is 11.2. The van der Waals surface area contributed by atoms with Crippen LogP contribution in [0.2, 0.25) is 0 Å². The first-order valence-corrected chi connectivity index (χ1v) is 9.91. The Balaban J connectivity index is 1.62. The average molecular weight is 419 g/mol. The number of hydrogen-bond acceptors (Lipinski definition) is 7. The lowest BCUT2D eigenvalue weighted by molar-refractivity contribution is 0.456. The van der Waals surface area contributed by atoms with Crippen molar-refractivity contribution in [1.29, 1.82) is 0 Å². The molecule has 0 saturated heterocycles. The Morgan fingerprint density at radius 3 is 1.84 bits per heavy atom. The molecule has 0 unspecified atom stereocenters. The van der Waals surface area contributed by atoms with E-state index in [1.54, 1.807) is 24.3 Å². The number of aromatic nitrogens is 3.